The predicted molar refractivity (Wildman–Crippen MR) is 212 cm³/mol. The normalized spacial score (nSPS) is 14.6. The Hall–Kier alpha value is -5.72. The number of rotatable bonds is 4. The maximum Gasteiger partial charge on any atom is 0.0215 e. The van der Waals surface area contributed by atoms with Crippen LogP contribution in [0.3, 0.4) is 0 Å². The quantitative estimate of drug-likeness (QED) is 0.180. The van der Waals surface area contributed by atoms with Gasteiger partial charge in [0.05, 0.1) is 0 Å². The number of hydrogen-bond acceptors (Lipinski definition) is 0. The van der Waals surface area contributed by atoms with E-state index in [1.807, 2.05) is 0 Å². The molecule has 0 N–H and O–H groups in total. The van der Waals surface area contributed by atoms with Crippen molar-refractivity contribution < 1.29 is 0 Å². The van der Waals surface area contributed by atoms with Crippen molar-refractivity contribution in [1.82, 2.24) is 0 Å². The lowest BCUT2D eigenvalue weighted by Gasteiger charge is -2.36. The molecule has 2 aliphatic carbocycles. The van der Waals surface area contributed by atoms with E-state index >= 15 is 0 Å². The van der Waals surface area contributed by atoms with E-state index < -0.39 is 0 Å². The van der Waals surface area contributed by atoms with Crippen molar-refractivity contribution in [3.8, 4) is 55.6 Å². The second-order valence-corrected chi connectivity index (χ2v) is 14.4. The topological polar surface area (TPSA) is 0 Å². The molecule has 0 atom stereocenters. The lowest BCUT2D eigenvalue weighted by atomic mass is 9.67. The van der Waals surface area contributed by atoms with E-state index in [4.69, 9.17) is 0 Å². The van der Waals surface area contributed by atoms with Gasteiger partial charge >= 0.3 is 0 Å². The van der Waals surface area contributed by atoms with Crippen molar-refractivity contribution in [2.75, 3.05) is 0 Å². The zero-order chi connectivity index (χ0) is 33.1. The minimum atomic E-state index is 0.0703. The third kappa shape index (κ3) is 4.82. The van der Waals surface area contributed by atoms with E-state index in [1.54, 1.807) is 0 Å². The van der Waals surface area contributed by atoms with Gasteiger partial charge in [0.25, 0.3) is 0 Å². The largest absolute Gasteiger partial charge is 0.0616 e. The Morgan fingerprint density at radius 1 is 0.280 bits per heavy atom. The zero-order valence-corrected chi connectivity index (χ0v) is 28.2. The van der Waals surface area contributed by atoms with E-state index in [1.165, 1.54) is 120 Å². The van der Waals surface area contributed by atoms with Crippen molar-refractivity contribution >= 4 is 21.5 Å². The summed E-state index contributed by atoms with van der Waals surface area (Å²) in [5, 5.41) is 5.13. The molecule has 0 nitrogen and oxygen atoms in total. The average molecular weight is 639 g/mol. The summed E-state index contributed by atoms with van der Waals surface area (Å²) in [4.78, 5) is 0. The summed E-state index contributed by atoms with van der Waals surface area (Å²) in [6.07, 6.45) is 6.32. The minimum absolute atomic E-state index is 0.0703. The molecular weight excluding hydrogens is 601 g/mol. The van der Waals surface area contributed by atoms with Gasteiger partial charge in [0, 0.05) is 5.41 Å². The Bertz CT molecular complexity index is 2400. The molecule has 1 saturated carbocycles. The fraction of sp³-hybridized carbons (Fsp3) is 0.120. The molecule has 10 rings (SSSR count). The van der Waals surface area contributed by atoms with Crippen LogP contribution in [-0.4, -0.2) is 0 Å². The Labute approximate surface area is 294 Å². The smallest absolute Gasteiger partial charge is 0.0215 e. The number of hydrogen-bond donors (Lipinski definition) is 0. The van der Waals surface area contributed by atoms with E-state index in [2.05, 4.69) is 170 Å². The van der Waals surface area contributed by atoms with Crippen LogP contribution in [0.25, 0.3) is 77.2 Å². The molecule has 0 aliphatic heterocycles. The number of fused-ring (bicyclic) bond motifs is 7. The highest BCUT2D eigenvalue weighted by atomic mass is 14.5. The van der Waals surface area contributed by atoms with E-state index in [0.717, 1.165) is 0 Å². The standard InChI is InChI=1S/C50H38/c1-6-26-50(27-7-1)48-32-44(40-16-8-14-38(30-40)42-20-18-34-10-2-4-12-36(34)28-42)22-24-46(48)47-25-23-45(33-49(47)50)41-17-9-15-39(31-41)43-21-19-35-11-3-5-13-37(35)29-43/h2-5,8-25,28-33H,1,6-7,26-27H2. The van der Waals surface area contributed by atoms with Gasteiger partial charge in [-0.1, -0.05) is 153 Å². The summed E-state index contributed by atoms with van der Waals surface area (Å²) in [7, 11) is 0. The average Bonchev–Trinajstić information content (AvgIpc) is 3.45. The van der Waals surface area contributed by atoms with Gasteiger partial charge in [0.2, 0.25) is 0 Å². The fourth-order valence-electron chi connectivity index (χ4n) is 9.04. The van der Waals surface area contributed by atoms with Crippen LogP contribution in [-0.2, 0) is 5.41 Å². The van der Waals surface area contributed by atoms with Gasteiger partial charge in [-0.2, -0.15) is 0 Å². The molecule has 0 amide bonds. The molecular formula is C50H38. The van der Waals surface area contributed by atoms with E-state index in [-0.39, 0.29) is 5.41 Å². The first-order chi connectivity index (χ1) is 24.7. The number of benzene rings is 8. The van der Waals surface area contributed by atoms with Crippen LogP contribution in [0.15, 0.2) is 170 Å². The molecule has 0 saturated heterocycles. The van der Waals surface area contributed by atoms with Gasteiger partial charge < -0.3 is 0 Å². The Morgan fingerprint density at radius 3 is 1.12 bits per heavy atom. The van der Waals surface area contributed by atoms with Crippen molar-refractivity contribution in [2.24, 2.45) is 0 Å². The van der Waals surface area contributed by atoms with Crippen LogP contribution < -0.4 is 0 Å². The van der Waals surface area contributed by atoms with Crippen LogP contribution in [0.5, 0.6) is 0 Å². The first-order valence-corrected chi connectivity index (χ1v) is 18.2. The van der Waals surface area contributed by atoms with Crippen molar-refractivity contribution in [2.45, 2.75) is 37.5 Å². The molecule has 0 heteroatoms. The molecule has 0 aromatic heterocycles. The maximum atomic E-state index is 2.54. The highest BCUT2D eigenvalue weighted by Crippen LogP contribution is 2.57. The molecule has 0 radical (unpaired) electrons. The molecule has 1 fully saturated rings. The Balaban J connectivity index is 1.03. The second kappa shape index (κ2) is 11.7. The Morgan fingerprint density at radius 2 is 0.660 bits per heavy atom. The lowest BCUT2D eigenvalue weighted by Crippen LogP contribution is -2.28. The Kier molecular flexibility index (Phi) is 6.84. The zero-order valence-electron chi connectivity index (χ0n) is 28.2. The molecule has 0 heterocycles. The summed E-state index contributed by atoms with van der Waals surface area (Å²) in [5.74, 6) is 0. The highest BCUT2D eigenvalue weighted by Gasteiger charge is 2.44. The SMILES string of the molecule is c1cc(-c2ccc3c(c2)C2(CCCCC2)c2cc(-c4cccc(-c5ccc6ccccc6c5)c4)ccc2-3)cc(-c2ccc3ccccc3c2)c1. The highest BCUT2D eigenvalue weighted by molar-refractivity contribution is 5.91. The first-order valence-electron chi connectivity index (χ1n) is 18.2. The molecule has 8 aromatic rings. The van der Waals surface area contributed by atoms with Crippen LogP contribution in [0.2, 0.25) is 0 Å². The van der Waals surface area contributed by atoms with Gasteiger partial charge in [-0.25, -0.2) is 0 Å². The van der Waals surface area contributed by atoms with E-state index in [0.29, 0.717) is 0 Å². The summed E-state index contributed by atoms with van der Waals surface area (Å²) in [6, 6.07) is 63.7. The van der Waals surface area contributed by atoms with E-state index in [9.17, 15) is 0 Å². The lowest BCUT2D eigenvalue weighted by molar-refractivity contribution is 0.353. The fourth-order valence-corrected chi connectivity index (χ4v) is 9.04. The summed E-state index contributed by atoms with van der Waals surface area (Å²) in [6.45, 7) is 0. The summed E-state index contributed by atoms with van der Waals surface area (Å²) >= 11 is 0. The molecule has 0 unspecified atom stereocenters. The van der Waals surface area contributed by atoms with Gasteiger partial charge in [-0.05, 0) is 138 Å². The molecule has 0 bridgehead atoms. The third-order valence-electron chi connectivity index (χ3n) is 11.6. The van der Waals surface area contributed by atoms with Crippen LogP contribution in [0, 0.1) is 0 Å². The van der Waals surface area contributed by atoms with Crippen molar-refractivity contribution in [3.05, 3.63) is 181 Å². The second-order valence-electron chi connectivity index (χ2n) is 14.4. The molecule has 8 aromatic carbocycles. The molecule has 2 aliphatic rings. The van der Waals surface area contributed by atoms with Crippen molar-refractivity contribution in [3.63, 3.8) is 0 Å². The van der Waals surface area contributed by atoms with Gasteiger partial charge in [0.1, 0.15) is 0 Å². The minimum Gasteiger partial charge on any atom is -0.0616 e. The van der Waals surface area contributed by atoms with Crippen LogP contribution in [0.1, 0.15) is 43.2 Å². The monoisotopic (exact) mass is 638 g/mol. The predicted octanol–water partition coefficient (Wildman–Crippen LogP) is 13.9. The maximum absolute atomic E-state index is 2.54. The molecule has 50 heavy (non-hydrogen) atoms. The van der Waals surface area contributed by atoms with Crippen LogP contribution in [0.4, 0.5) is 0 Å². The van der Waals surface area contributed by atoms with Crippen molar-refractivity contribution in [1.29, 1.82) is 0 Å². The molecule has 238 valence electrons. The summed E-state index contributed by atoms with van der Waals surface area (Å²) in [5.41, 5.74) is 16.2. The van der Waals surface area contributed by atoms with Gasteiger partial charge in [-0.15, -0.1) is 0 Å². The van der Waals surface area contributed by atoms with Crippen LogP contribution >= 0.6 is 0 Å². The first kappa shape index (κ1) is 29.2. The molecule has 1 spiro atoms. The van der Waals surface area contributed by atoms with Gasteiger partial charge in [-0.3, -0.25) is 0 Å². The summed E-state index contributed by atoms with van der Waals surface area (Å²) < 4.78 is 0. The van der Waals surface area contributed by atoms with Gasteiger partial charge in [0.15, 0.2) is 0 Å². The third-order valence-corrected chi connectivity index (χ3v) is 11.6.